The number of benzene rings is 1. The Morgan fingerprint density at radius 3 is 2.65 bits per heavy atom. The van der Waals surface area contributed by atoms with Gasteiger partial charge in [0.2, 0.25) is 0 Å². The van der Waals surface area contributed by atoms with E-state index in [0.29, 0.717) is 30.9 Å². The minimum atomic E-state index is -0.559. The second-order valence-electron chi connectivity index (χ2n) is 8.23. The number of ether oxygens (including phenoxy) is 3. The number of rotatable bonds is 8. The van der Waals surface area contributed by atoms with Gasteiger partial charge in [-0.05, 0) is 43.4 Å². The van der Waals surface area contributed by atoms with Gasteiger partial charge < -0.3 is 24.8 Å². The molecular formula is C23H28N2O6. The molecule has 4 rings (SSSR count). The van der Waals surface area contributed by atoms with E-state index in [1.807, 2.05) is 12.1 Å². The first-order chi connectivity index (χ1) is 15.0. The minimum Gasteiger partial charge on any atom is -0.484 e. The lowest BCUT2D eigenvalue weighted by atomic mass is 9.77. The molecule has 1 saturated carbocycles. The van der Waals surface area contributed by atoms with Gasteiger partial charge in [0.25, 0.3) is 11.8 Å². The molecule has 0 radical (unpaired) electrons. The predicted molar refractivity (Wildman–Crippen MR) is 111 cm³/mol. The van der Waals surface area contributed by atoms with Gasteiger partial charge in [0.15, 0.2) is 18.1 Å². The monoisotopic (exact) mass is 428 g/mol. The third-order valence-corrected chi connectivity index (χ3v) is 6.18. The van der Waals surface area contributed by atoms with Gasteiger partial charge in [-0.15, -0.1) is 0 Å². The van der Waals surface area contributed by atoms with Gasteiger partial charge >= 0.3 is 0 Å². The van der Waals surface area contributed by atoms with Crippen molar-refractivity contribution in [3.63, 3.8) is 0 Å². The SMILES string of the molecule is COCCCN1C(=O)C2=C(C(=O)C3CCCCC3O2)C1c1ccc(OCC(N)=O)cc1. The molecule has 2 amide bonds. The maximum absolute atomic E-state index is 13.5. The highest BCUT2D eigenvalue weighted by Crippen LogP contribution is 2.46. The Morgan fingerprint density at radius 2 is 1.94 bits per heavy atom. The third-order valence-electron chi connectivity index (χ3n) is 6.18. The van der Waals surface area contributed by atoms with Crippen LogP contribution < -0.4 is 10.5 Å². The van der Waals surface area contributed by atoms with Gasteiger partial charge in [-0.3, -0.25) is 14.4 Å². The molecule has 31 heavy (non-hydrogen) atoms. The minimum absolute atomic E-state index is 0.0348. The summed E-state index contributed by atoms with van der Waals surface area (Å²) in [6.07, 6.45) is 4.07. The number of ketones is 1. The molecule has 166 valence electrons. The first kappa shape index (κ1) is 21.4. The number of carbonyl (C=O) groups excluding carboxylic acids is 3. The normalized spacial score (nSPS) is 25.2. The Balaban J connectivity index is 1.65. The zero-order valence-corrected chi connectivity index (χ0v) is 17.7. The zero-order valence-electron chi connectivity index (χ0n) is 17.7. The van der Waals surface area contributed by atoms with Gasteiger partial charge in [0.1, 0.15) is 11.9 Å². The molecule has 2 heterocycles. The fourth-order valence-electron chi connectivity index (χ4n) is 4.75. The van der Waals surface area contributed by atoms with E-state index in [2.05, 4.69) is 0 Å². The Kier molecular flexibility index (Phi) is 6.27. The number of carbonyl (C=O) groups is 3. The van der Waals surface area contributed by atoms with Crippen LogP contribution in [0.4, 0.5) is 0 Å². The van der Waals surface area contributed by atoms with Crippen molar-refractivity contribution in [2.24, 2.45) is 11.7 Å². The largest absolute Gasteiger partial charge is 0.484 e. The highest BCUT2D eigenvalue weighted by molar-refractivity contribution is 6.11. The van der Waals surface area contributed by atoms with Crippen LogP contribution in [0.2, 0.25) is 0 Å². The molecule has 0 bridgehead atoms. The van der Waals surface area contributed by atoms with Crippen molar-refractivity contribution >= 4 is 17.6 Å². The average molecular weight is 428 g/mol. The molecule has 0 aromatic heterocycles. The van der Waals surface area contributed by atoms with E-state index in [-0.39, 0.29) is 36.1 Å². The fraction of sp³-hybridized carbons (Fsp3) is 0.522. The van der Waals surface area contributed by atoms with E-state index in [1.54, 1.807) is 24.1 Å². The maximum atomic E-state index is 13.5. The number of nitrogens with zero attached hydrogens (tertiary/aromatic N) is 1. The smallest absolute Gasteiger partial charge is 0.290 e. The summed E-state index contributed by atoms with van der Waals surface area (Å²) >= 11 is 0. The Morgan fingerprint density at radius 1 is 1.19 bits per heavy atom. The first-order valence-electron chi connectivity index (χ1n) is 10.8. The molecule has 0 saturated heterocycles. The van der Waals surface area contributed by atoms with Crippen molar-refractivity contribution in [2.45, 2.75) is 44.2 Å². The molecule has 1 aliphatic carbocycles. The lowest BCUT2D eigenvalue weighted by molar-refractivity contribution is -0.135. The van der Waals surface area contributed by atoms with Crippen LogP contribution >= 0.6 is 0 Å². The molecule has 3 atom stereocenters. The number of hydrogen-bond donors (Lipinski definition) is 1. The number of hydrogen-bond acceptors (Lipinski definition) is 6. The quantitative estimate of drug-likeness (QED) is 0.634. The lowest BCUT2D eigenvalue weighted by Crippen LogP contribution is -2.39. The topological polar surface area (TPSA) is 108 Å². The second-order valence-corrected chi connectivity index (χ2v) is 8.23. The van der Waals surface area contributed by atoms with Gasteiger partial charge in [-0.2, -0.15) is 0 Å². The number of Topliss-reactive ketones (excluding diaryl/α,β-unsaturated/α-hetero) is 1. The molecule has 2 N–H and O–H groups in total. The number of primary amides is 1. The Labute approximate surface area is 181 Å². The van der Waals surface area contributed by atoms with Crippen molar-refractivity contribution in [3.05, 3.63) is 41.2 Å². The summed E-state index contributed by atoms with van der Waals surface area (Å²) in [4.78, 5) is 39.4. The van der Waals surface area contributed by atoms with Crippen molar-refractivity contribution in [3.8, 4) is 5.75 Å². The number of methoxy groups -OCH3 is 1. The molecule has 3 unspecified atom stereocenters. The summed E-state index contributed by atoms with van der Waals surface area (Å²) < 4.78 is 16.6. The van der Waals surface area contributed by atoms with Crippen molar-refractivity contribution in [1.29, 1.82) is 0 Å². The van der Waals surface area contributed by atoms with Crippen LogP contribution in [-0.2, 0) is 23.9 Å². The summed E-state index contributed by atoms with van der Waals surface area (Å²) in [6, 6.07) is 6.56. The van der Waals surface area contributed by atoms with Gasteiger partial charge in [-0.25, -0.2) is 0 Å². The predicted octanol–water partition coefficient (Wildman–Crippen LogP) is 1.88. The van der Waals surface area contributed by atoms with E-state index in [9.17, 15) is 14.4 Å². The highest BCUT2D eigenvalue weighted by Gasteiger charge is 2.51. The summed E-state index contributed by atoms with van der Waals surface area (Å²) in [7, 11) is 1.62. The molecule has 8 nitrogen and oxygen atoms in total. The van der Waals surface area contributed by atoms with E-state index in [1.165, 1.54) is 0 Å². The molecular weight excluding hydrogens is 400 g/mol. The number of amides is 2. The van der Waals surface area contributed by atoms with Gasteiger partial charge in [0.05, 0.1) is 17.5 Å². The van der Waals surface area contributed by atoms with E-state index in [4.69, 9.17) is 19.9 Å². The standard InChI is InChI=1S/C23H28N2O6/c1-29-12-4-11-25-20(14-7-9-15(10-8-14)30-13-18(24)26)19-21(27)16-5-2-3-6-17(16)31-22(19)23(25)28/h7-10,16-17,20H,2-6,11-13H2,1H3,(H2,24,26). The molecule has 1 fully saturated rings. The Hall–Kier alpha value is -2.87. The number of nitrogens with two attached hydrogens (primary N) is 1. The first-order valence-corrected chi connectivity index (χ1v) is 10.8. The summed E-state index contributed by atoms with van der Waals surface area (Å²) in [5.41, 5.74) is 6.40. The molecule has 2 aliphatic heterocycles. The van der Waals surface area contributed by atoms with Crippen LogP contribution in [0.25, 0.3) is 0 Å². The summed E-state index contributed by atoms with van der Waals surface area (Å²) in [5, 5.41) is 0. The average Bonchev–Trinajstić information content (AvgIpc) is 3.05. The van der Waals surface area contributed by atoms with Crippen LogP contribution in [0, 0.1) is 5.92 Å². The van der Waals surface area contributed by atoms with Crippen LogP contribution in [0.5, 0.6) is 5.75 Å². The lowest BCUT2D eigenvalue weighted by Gasteiger charge is -2.35. The fourth-order valence-corrected chi connectivity index (χ4v) is 4.75. The molecule has 8 heteroatoms. The van der Waals surface area contributed by atoms with Crippen molar-refractivity contribution in [1.82, 2.24) is 4.90 Å². The third kappa shape index (κ3) is 4.17. The Bertz CT molecular complexity index is 894. The highest BCUT2D eigenvalue weighted by atomic mass is 16.5. The summed E-state index contributed by atoms with van der Waals surface area (Å²) in [6.45, 7) is 0.756. The van der Waals surface area contributed by atoms with Gasteiger partial charge in [-0.1, -0.05) is 18.6 Å². The maximum Gasteiger partial charge on any atom is 0.290 e. The second kappa shape index (κ2) is 9.09. The van der Waals surface area contributed by atoms with Crippen LogP contribution in [0.1, 0.15) is 43.7 Å². The van der Waals surface area contributed by atoms with Crippen molar-refractivity contribution < 1.29 is 28.6 Å². The summed E-state index contributed by atoms with van der Waals surface area (Å²) in [5.74, 6) is -0.234. The number of fused-ring (bicyclic) bond motifs is 1. The molecule has 1 aromatic carbocycles. The van der Waals surface area contributed by atoms with Crippen LogP contribution in [-0.4, -0.2) is 55.5 Å². The van der Waals surface area contributed by atoms with E-state index >= 15 is 0 Å². The van der Waals surface area contributed by atoms with Gasteiger partial charge in [0, 0.05) is 20.3 Å². The van der Waals surface area contributed by atoms with E-state index < -0.39 is 11.9 Å². The molecule has 0 spiro atoms. The van der Waals surface area contributed by atoms with Crippen molar-refractivity contribution in [2.75, 3.05) is 26.9 Å². The zero-order chi connectivity index (χ0) is 22.0. The van der Waals surface area contributed by atoms with Crippen LogP contribution in [0.3, 0.4) is 0 Å². The van der Waals surface area contributed by atoms with Crippen LogP contribution in [0.15, 0.2) is 35.6 Å². The molecule has 1 aromatic rings. The van der Waals surface area contributed by atoms with E-state index in [0.717, 1.165) is 31.2 Å². The molecule has 3 aliphatic rings.